The van der Waals surface area contributed by atoms with Gasteiger partial charge in [0.05, 0.1) is 0 Å². The van der Waals surface area contributed by atoms with Gasteiger partial charge >= 0.3 is 8.25 Å². The molecule has 0 aliphatic rings. The number of benzene rings is 1. The van der Waals surface area contributed by atoms with Crippen LogP contribution in [0.5, 0.6) is 5.75 Å². The minimum Gasteiger partial charge on any atom is -0.462 e. The first-order valence-corrected chi connectivity index (χ1v) is 8.21. The molecule has 1 rings (SSSR count). The summed E-state index contributed by atoms with van der Waals surface area (Å²) in [7, 11) is -3.04. The third-order valence-corrected chi connectivity index (χ3v) is 3.79. The lowest BCUT2D eigenvalue weighted by Crippen LogP contribution is -2.35. The lowest BCUT2D eigenvalue weighted by Gasteiger charge is -2.31. The molecule has 0 aliphatic carbocycles. The zero-order chi connectivity index (χ0) is 15.0. The van der Waals surface area contributed by atoms with E-state index in [-0.39, 0.29) is 0 Å². The van der Waals surface area contributed by atoms with Crippen LogP contribution in [0.4, 0.5) is 0 Å². The van der Waals surface area contributed by atoms with Crippen molar-refractivity contribution in [2.45, 2.75) is 45.3 Å². The molecular weight excluding hydrogens is 277 g/mol. The van der Waals surface area contributed by atoms with Gasteiger partial charge in [-0.25, -0.2) is 0 Å². The van der Waals surface area contributed by atoms with Crippen LogP contribution in [0, 0.1) is 0 Å². The van der Waals surface area contributed by atoms with Crippen LogP contribution in [0.15, 0.2) is 24.3 Å². The second kappa shape index (κ2) is 8.42. The standard InChI is InChI=1S/C14H24NO4P/c1-3-14(4-2,19-20(16)17)18-13-9-7-12(8-10-13)6-5-11-15/h7-10,20H,3-6,11,15H2,1-2H3,(H,16,17). The molecule has 20 heavy (non-hydrogen) atoms. The van der Waals surface area contributed by atoms with Gasteiger partial charge in [-0.1, -0.05) is 26.0 Å². The summed E-state index contributed by atoms with van der Waals surface area (Å²) in [6, 6.07) is 7.65. The van der Waals surface area contributed by atoms with E-state index in [2.05, 4.69) is 0 Å². The summed E-state index contributed by atoms with van der Waals surface area (Å²) in [4.78, 5) is 9.00. The Morgan fingerprint density at radius 1 is 1.25 bits per heavy atom. The molecule has 0 saturated heterocycles. The highest BCUT2D eigenvalue weighted by Gasteiger charge is 2.31. The third-order valence-electron chi connectivity index (χ3n) is 3.25. The van der Waals surface area contributed by atoms with Crippen molar-refractivity contribution in [3.8, 4) is 5.75 Å². The van der Waals surface area contributed by atoms with Crippen LogP contribution in [0.1, 0.15) is 38.7 Å². The normalized spacial score (nSPS) is 13.2. The van der Waals surface area contributed by atoms with Crippen molar-refractivity contribution >= 4 is 8.25 Å². The van der Waals surface area contributed by atoms with Gasteiger partial charge in [0.1, 0.15) is 5.75 Å². The number of hydrogen-bond donors (Lipinski definition) is 2. The second-order valence-corrected chi connectivity index (χ2v) is 5.36. The number of aryl methyl sites for hydroxylation is 1. The zero-order valence-corrected chi connectivity index (χ0v) is 13.1. The quantitative estimate of drug-likeness (QED) is 0.541. The van der Waals surface area contributed by atoms with E-state index in [0.717, 1.165) is 12.8 Å². The Labute approximate surface area is 121 Å². The van der Waals surface area contributed by atoms with Crippen LogP contribution < -0.4 is 10.5 Å². The molecule has 0 bridgehead atoms. The minimum atomic E-state index is -3.04. The van der Waals surface area contributed by atoms with Gasteiger partial charge in [0.25, 0.3) is 0 Å². The van der Waals surface area contributed by atoms with Gasteiger partial charge in [-0.2, -0.15) is 0 Å². The van der Waals surface area contributed by atoms with Gasteiger partial charge in [0.2, 0.25) is 5.79 Å². The van der Waals surface area contributed by atoms with Crippen molar-refractivity contribution in [3.63, 3.8) is 0 Å². The topological polar surface area (TPSA) is 81.8 Å². The molecule has 0 saturated carbocycles. The first kappa shape index (κ1) is 17.2. The number of ether oxygens (including phenoxy) is 1. The van der Waals surface area contributed by atoms with E-state index in [1.54, 1.807) is 0 Å². The molecule has 1 atom stereocenters. The molecular formula is C14H24NO4P. The van der Waals surface area contributed by atoms with Gasteiger partial charge in [0, 0.05) is 12.8 Å². The Bertz CT molecular complexity index is 418. The van der Waals surface area contributed by atoms with E-state index in [4.69, 9.17) is 19.9 Å². The largest absolute Gasteiger partial charge is 0.462 e. The molecule has 0 aliphatic heterocycles. The molecule has 0 spiro atoms. The fourth-order valence-electron chi connectivity index (χ4n) is 1.96. The maximum atomic E-state index is 11.0. The van der Waals surface area contributed by atoms with Crippen LogP contribution in [0.25, 0.3) is 0 Å². The first-order valence-electron chi connectivity index (χ1n) is 6.95. The lowest BCUT2D eigenvalue weighted by atomic mass is 10.1. The first-order chi connectivity index (χ1) is 9.55. The predicted molar refractivity (Wildman–Crippen MR) is 80.1 cm³/mol. The van der Waals surface area contributed by atoms with E-state index in [9.17, 15) is 4.57 Å². The molecule has 0 radical (unpaired) electrons. The monoisotopic (exact) mass is 301 g/mol. The van der Waals surface area contributed by atoms with Crippen molar-refractivity contribution in [1.82, 2.24) is 0 Å². The fraction of sp³-hybridized carbons (Fsp3) is 0.571. The Morgan fingerprint density at radius 2 is 1.85 bits per heavy atom. The average Bonchev–Trinajstić information content (AvgIpc) is 2.45. The van der Waals surface area contributed by atoms with Gasteiger partial charge in [-0.3, -0.25) is 9.09 Å². The highest BCUT2D eigenvalue weighted by molar-refractivity contribution is 7.32. The van der Waals surface area contributed by atoms with Crippen LogP contribution in [0.3, 0.4) is 0 Å². The summed E-state index contributed by atoms with van der Waals surface area (Å²) >= 11 is 0. The molecule has 3 N–H and O–H groups in total. The van der Waals surface area contributed by atoms with E-state index >= 15 is 0 Å². The maximum absolute atomic E-state index is 11.0. The number of hydrogen-bond acceptors (Lipinski definition) is 4. The summed E-state index contributed by atoms with van der Waals surface area (Å²) in [6.07, 6.45) is 2.87. The van der Waals surface area contributed by atoms with Crippen molar-refractivity contribution in [2.75, 3.05) is 6.54 Å². The van der Waals surface area contributed by atoms with Gasteiger partial charge < -0.3 is 15.4 Å². The Kier molecular flexibility index (Phi) is 7.24. The Morgan fingerprint density at radius 3 is 2.30 bits per heavy atom. The third kappa shape index (κ3) is 5.25. The van der Waals surface area contributed by atoms with Gasteiger partial charge in [-0.05, 0) is 37.1 Å². The fourth-order valence-corrected chi connectivity index (χ4v) is 2.61. The zero-order valence-electron chi connectivity index (χ0n) is 12.1. The smallest absolute Gasteiger partial charge is 0.319 e. The van der Waals surface area contributed by atoms with Gasteiger partial charge in [0.15, 0.2) is 0 Å². The SMILES string of the molecule is CCC(CC)(Oc1ccc(CCCN)cc1)O[PH](=O)O. The molecule has 114 valence electrons. The number of rotatable bonds is 9. The van der Waals surface area contributed by atoms with Gasteiger partial charge in [-0.15, -0.1) is 0 Å². The molecule has 1 aromatic carbocycles. The van der Waals surface area contributed by atoms with E-state index < -0.39 is 14.0 Å². The summed E-state index contributed by atoms with van der Waals surface area (Å²) in [6.45, 7) is 4.40. The predicted octanol–water partition coefficient (Wildman–Crippen LogP) is 2.87. The summed E-state index contributed by atoms with van der Waals surface area (Å²) < 4.78 is 21.9. The van der Waals surface area contributed by atoms with E-state index in [0.29, 0.717) is 25.1 Å². The molecule has 0 amide bonds. The number of nitrogens with two attached hydrogens (primary N) is 1. The molecule has 5 nitrogen and oxygen atoms in total. The summed E-state index contributed by atoms with van der Waals surface area (Å²) in [5.74, 6) is -0.405. The molecule has 1 aromatic rings. The van der Waals surface area contributed by atoms with Crippen LogP contribution in [-0.2, 0) is 15.5 Å². The Hall–Kier alpha value is -0.870. The van der Waals surface area contributed by atoms with Crippen LogP contribution >= 0.6 is 8.25 Å². The average molecular weight is 301 g/mol. The highest BCUT2D eigenvalue weighted by Crippen LogP contribution is 2.34. The molecule has 0 aromatic heterocycles. The second-order valence-electron chi connectivity index (χ2n) is 4.62. The minimum absolute atomic E-state index is 0.495. The van der Waals surface area contributed by atoms with Crippen molar-refractivity contribution < 1.29 is 18.7 Å². The maximum Gasteiger partial charge on any atom is 0.319 e. The van der Waals surface area contributed by atoms with E-state index in [1.807, 2.05) is 38.1 Å². The van der Waals surface area contributed by atoms with E-state index in [1.165, 1.54) is 5.56 Å². The lowest BCUT2D eigenvalue weighted by molar-refractivity contribution is -0.119. The summed E-state index contributed by atoms with van der Waals surface area (Å²) in [5, 5.41) is 0. The van der Waals surface area contributed by atoms with Crippen molar-refractivity contribution in [2.24, 2.45) is 5.73 Å². The summed E-state index contributed by atoms with van der Waals surface area (Å²) in [5.41, 5.74) is 6.67. The molecule has 0 heterocycles. The van der Waals surface area contributed by atoms with Crippen molar-refractivity contribution in [3.05, 3.63) is 29.8 Å². The molecule has 6 heteroatoms. The molecule has 1 unspecified atom stereocenters. The highest BCUT2D eigenvalue weighted by atomic mass is 31.1. The Balaban J connectivity index is 2.75. The van der Waals surface area contributed by atoms with Crippen LogP contribution in [0.2, 0.25) is 0 Å². The van der Waals surface area contributed by atoms with Crippen LogP contribution in [-0.4, -0.2) is 17.2 Å². The molecule has 0 fully saturated rings. The van der Waals surface area contributed by atoms with Crippen molar-refractivity contribution in [1.29, 1.82) is 0 Å².